The molecule has 0 bridgehead atoms. The number of nitrogens with one attached hydrogen (secondary N) is 4. The Morgan fingerprint density at radius 3 is 2.67 bits per heavy atom. The van der Waals surface area contributed by atoms with Crippen molar-refractivity contribution in [2.45, 2.75) is 64.2 Å². The van der Waals surface area contributed by atoms with Gasteiger partial charge in [0.25, 0.3) is 5.91 Å². The average molecular weight is 620 g/mol. The van der Waals surface area contributed by atoms with Crippen LogP contribution in [-0.4, -0.2) is 68.4 Å². The molecule has 3 amide bonds. The van der Waals surface area contributed by atoms with Gasteiger partial charge in [-0.25, -0.2) is 9.97 Å². The van der Waals surface area contributed by atoms with Gasteiger partial charge in [0.05, 0.1) is 16.8 Å². The van der Waals surface area contributed by atoms with Crippen molar-refractivity contribution in [3.8, 4) is 11.9 Å². The third kappa shape index (κ3) is 7.00. The van der Waals surface area contributed by atoms with Gasteiger partial charge in [-0.05, 0) is 62.9 Å². The highest BCUT2D eigenvalue weighted by Crippen LogP contribution is 2.25. The van der Waals surface area contributed by atoms with E-state index in [0.29, 0.717) is 41.1 Å². The van der Waals surface area contributed by atoms with E-state index in [1.165, 1.54) is 6.20 Å². The van der Waals surface area contributed by atoms with Gasteiger partial charge in [-0.2, -0.15) is 5.26 Å². The molecule has 4 N–H and O–H groups in total. The highest BCUT2D eigenvalue weighted by Gasteiger charge is 2.27. The van der Waals surface area contributed by atoms with Crippen molar-refractivity contribution in [1.29, 1.82) is 5.26 Å². The number of fused-ring (bicyclic) bond motifs is 1. The van der Waals surface area contributed by atoms with E-state index in [1.807, 2.05) is 54.9 Å². The van der Waals surface area contributed by atoms with Gasteiger partial charge in [-0.3, -0.25) is 29.2 Å². The van der Waals surface area contributed by atoms with Crippen LogP contribution in [0.25, 0.3) is 16.9 Å². The SMILES string of the molecule is CC(C)Nc1cc(-n2ccc3cc(C#N)cnc32)ncc1C(=O)NC1CCN(Cc2cccc(NC3CCC(=O)NC3=O)c2)CC1. The Morgan fingerprint density at radius 1 is 1.09 bits per heavy atom. The molecule has 2 saturated heterocycles. The number of hydrogen-bond donors (Lipinski definition) is 4. The van der Waals surface area contributed by atoms with Crippen LogP contribution in [0.1, 0.15) is 61.0 Å². The number of aromatic nitrogens is 3. The molecule has 6 rings (SSSR count). The van der Waals surface area contributed by atoms with E-state index in [0.717, 1.165) is 49.1 Å². The second-order valence-electron chi connectivity index (χ2n) is 12.2. The number of rotatable bonds is 9. The molecule has 46 heavy (non-hydrogen) atoms. The fourth-order valence-electron chi connectivity index (χ4n) is 6.01. The van der Waals surface area contributed by atoms with Crippen molar-refractivity contribution < 1.29 is 14.4 Å². The molecule has 2 aliphatic heterocycles. The Morgan fingerprint density at radius 2 is 1.91 bits per heavy atom. The van der Waals surface area contributed by atoms with Gasteiger partial charge >= 0.3 is 0 Å². The van der Waals surface area contributed by atoms with Crippen LogP contribution in [0.3, 0.4) is 0 Å². The number of hydrogen-bond acceptors (Lipinski definition) is 9. The molecule has 0 spiro atoms. The van der Waals surface area contributed by atoms with Crippen molar-refractivity contribution >= 4 is 40.1 Å². The average Bonchev–Trinajstić information content (AvgIpc) is 3.46. The molecule has 12 heteroatoms. The number of amides is 3. The number of nitrogens with zero attached hydrogens (tertiary/aromatic N) is 5. The summed E-state index contributed by atoms with van der Waals surface area (Å²) in [4.78, 5) is 48.5. The molecule has 12 nitrogen and oxygen atoms in total. The predicted molar refractivity (Wildman–Crippen MR) is 174 cm³/mol. The lowest BCUT2D eigenvalue weighted by atomic mass is 10.0. The van der Waals surface area contributed by atoms with E-state index in [4.69, 9.17) is 0 Å². The van der Waals surface area contributed by atoms with Crippen molar-refractivity contribution in [3.05, 3.63) is 77.7 Å². The molecule has 0 saturated carbocycles. The van der Waals surface area contributed by atoms with Gasteiger partial charge in [-0.15, -0.1) is 0 Å². The maximum Gasteiger partial charge on any atom is 0.255 e. The molecular weight excluding hydrogens is 582 g/mol. The fraction of sp³-hybridized carbons (Fsp3) is 0.353. The number of likely N-dealkylation sites (tertiary alicyclic amines) is 1. The number of benzene rings is 1. The minimum atomic E-state index is -0.417. The molecule has 1 atom stereocenters. The molecule has 0 aliphatic carbocycles. The Labute approximate surface area is 267 Å². The van der Waals surface area contributed by atoms with Crippen LogP contribution < -0.4 is 21.3 Å². The molecule has 2 aliphatic rings. The van der Waals surface area contributed by atoms with Crippen molar-refractivity contribution in [3.63, 3.8) is 0 Å². The van der Waals surface area contributed by atoms with Crippen LogP contribution in [0.15, 0.2) is 61.1 Å². The lowest BCUT2D eigenvalue weighted by molar-refractivity contribution is -0.133. The van der Waals surface area contributed by atoms with Crippen molar-refractivity contribution in [2.75, 3.05) is 23.7 Å². The molecule has 2 fully saturated rings. The number of carbonyl (C=O) groups is 3. The number of anilines is 2. The van der Waals surface area contributed by atoms with E-state index in [1.54, 1.807) is 12.3 Å². The van der Waals surface area contributed by atoms with E-state index < -0.39 is 6.04 Å². The van der Waals surface area contributed by atoms with Gasteiger partial charge in [0.1, 0.15) is 23.6 Å². The van der Waals surface area contributed by atoms with E-state index in [9.17, 15) is 19.6 Å². The second kappa shape index (κ2) is 13.4. The van der Waals surface area contributed by atoms with Gasteiger partial charge in [-0.1, -0.05) is 12.1 Å². The van der Waals surface area contributed by atoms with E-state index in [2.05, 4.69) is 48.3 Å². The van der Waals surface area contributed by atoms with Crippen LogP contribution in [-0.2, 0) is 16.1 Å². The summed E-state index contributed by atoms with van der Waals surface area (Å²) in [5, 5.41) is 22.3. The minimum absolute atomic E-state index is 0.0442. The number of carbonyl (C=O) groups excluding carboxylic acids is 3. The molecule has 0 radical (unpaired) electrons. The number of imide groups is 1. The number of pyridine rings is 2. The zero-order chi connectivity index (χ0) is 32.2. The zero-order valence-electron chi connectivity index (χ0n) is 25.9. The van der Waals surface area contributed by atoms with E-state index >= 15 is 0 Å². The Hall–Kier alpha value is -5.28. The maximum atomic E-state index is 13.5. The van der Waals surface area contributed by atoms with Gasteiger partial charge < -0.3 is 16.0 Å². The van der Waals surface area contributed by atoms with Gasteiger partial charge in [0.15, 0.2) is 0 Å². The second-order valence-corrected chi connectivity index (χ2v) is 12.2. The fourth-order valence-corrected chi connectivity index (χ4v) is 6.01. The molecule has 1 aromatic carbocycles. The summed E-state index contributed by atoms with van der Waals surface area (Å²) in [6, 6.07) is 15.4. The van der Waals surface area contributed by atoms with Crippen LogP contribution in [0.2, 0.25) is 0 Å². The van der Waals surface area contributed by atoms with Crippen LogP contribution >= 0.6 is 0 Å². The molecule has 1 unspecified atom stereocenters. The zero-order valence-corrected chi connectivity index (χ0v) is 25.9. The molecule has 3 aromatic heterocycles. The molecule has 236 valence electrons. The Bertz CT molecular complexity index is 1820. The first kappa shape index (κ1) is 30.7. The highest BCUT2D eigenvalue weighted by atomic mass is 16.2. The minimum Gasteiger partial charge on any atom is -0.382 e. The van der Waals surface area contributed by atoms with Gasteiger partial charge in [0, 0.05) is 73.9 Å². The number of piperidine rings is 2. The lowest BCUT2D eigenvalue weighted by Gasteiger charge is -2.32. The summed E-state index contributed by atoms with van der Waals surface area (Å²) in [5.74, 6) is -0.0544. The summed E-state index contributed by atoms with van der Waals surface area (Å²) in [6.07, 6.45) is 7.47. The Kier molecular flexibility index (Phi) is 8.94. The van der Waals surface area contributed by atoms with E-state index in [-0.39, 0.29) is 29.8 Å². The lowest BCUT2D eigenvalue weighted by Crippen LogP contribution is -2.47. The highest BCUT2D eigenvalue weighted by molar-refractivity contribution is 6.01. The molecule has 4 aromatic rings. The monoisotopic (exact) mass is 619 g/mol. The van der Waals surface area contributed by atoms with Crippen LogP contribution in [0, 0.1) is 11.3 Å². The largest absolute Gasteiger partial charge is 0.382 e. The third-order valence-electron chi connectivity index (χ3n) is 8.32. The summed E-state index contributed by atoms with van der Waals surface area (Å²) >= 11 is 0. The standard InChI is InChI=1S/C34H37N9O3/c1-21(2)38-29-16-30(43-13-8-24-14-23(17-35)18-37-32(24)43)36-19-27(29)33(45)40-25-9-11-42(12-10-25)20-22-4-3-5-26(15-22)39-28-6-7-31(44)41-34(28)46/h3-5,8,13-16,18-19,21,25,28,39H,6-7,9-12,20H2,1-2H3,(H,36,38)(H,40,45)(H,41,44,46). The molecular formula is C34H37N9O3. The summed E-state index contributed by atoms with van der Waals surface area (Å²) < 4.78 is 1.85. The van der Waals surface area contributed by atoms with Crippen LogP contribution in [0.5, 0.6) is 0 Å². The first-order chi connectivity index (χ1) is 22.2. The number of nitriles is 1. The first-order valence-corrected chi connectivity index (χ1v) is 15.6. The first-order valence-electron chi connectivity index (χ1n) is 15.6. The Balaban J connectivity index is 1.07. The van der Waals surface area contributed by atoms with Crippen LogP contribution in [0.4, 0.5) is 11.4 Å². The van der Waals surface area contributed by atoms with Crippen molar-refractivity contribution in [2.24, 2.45) is 0 Å². The topological polar surface area (TPSA) is 157 Å². The maximum absolute atomic E-state index is 13.5. The smallest absolute Gasteiger partial charge is 0.255 e. The third-order valence-corrected chi connectivity index (χ3v) is 8.32. The normalized spacial score (nSPS) is 17.5. The summed E-state index contributed by atoms with van der Waals surface area (Å²) in [5.41, 5.74) is 4.34. The summed E-state index contributed by atoms with van der Waals surface area (Å²) in [7, 11) is 0. The predicted octanol–water partition coefficient (Wildman–Crippen LogP) is 3.72. The quantitative estimate of drug-likeness (QED) is 0.205. The van der Waals surface area contributed by atoms with Crippen molar-refractivity contribution in [1.82, 2.24) is 30.1 Å². The molecule has 5 heterocycles. The summed E-state index contributed by atoms with van der Waals surface area (Å²) in [6.45, 7) is 6.49. The van der Waals surface area contributed by atoms with Gasteiger partial charge in [0.2, 0.25) is 11.8 Å².